The number of nitrogens with one attached hydrogen (secondary N) is 2. The van der Waals surface area contributed by atoms with E-state index in [1.54, 1.807) is 13.8 Å². The van der Waals surface area contributed by atoms with Crippen molar-refractivity contribution in [2.75, 3.05) is 0 Å². The van der Waals surface area contributed by atoms with Gasteiger partial charge in [0.1, 0.15) is 0 Å². The Morgan fingerprint density at radius 1 is 0.586 bits per heavy atom. The van der Waals surface area contributed by atoms with Crippen LogP contribution in [0.25, 0.3) is 43.8 Å². The average molecular weight is 896 g/mol. The van der Waals surface area contributed by atoms with Crippen LogP contribution in [0.15, 0.2) is 109 Å². The van der Waals surface area contributed by atoms with E-state index in [0.717, 1.165) is 0 Å². The Balaban J connectivity index is 0.000000237. The monoisotopic (exact) mass is 893 g/mol. The van der Waals surface area contributed by atoms with Gasteiger partial charge in [0.2, 0.25) is 11.8 Å². The Morgan fingerprint density at radius 2 is 0.948 bits per heavy atom. The van der Waals surface area contributed by atoms with Crippen molar-refractivity contribution >= 4 is 57.9 Å². The minimum absolute atomic E-state index is 0.110. The zero-order valence-electron chi connectivity index (χ0n) is 35.9. The number of carbonyl (C=O) groups excluding carboxylic acids is 2. The zero-order chi connectivity index (χ0) is 42.5. The second-order valence-electron chi connectivity index (χ2n) is 15.1. The normalized spacial score (nSPS) is 10.5. The Kier molecular flexibility index (Phi) is 22.5. The molecule has 0 saturated heterocycles. The molecular weight excluding hydrogens is 834 g/mol. The summed E-state index contributed by atoms with van der Waals surface area (Å²) in [5.41, 5.74) is 11.4. The maximum absolute atomic E-state index is 10.6. The molecule has 0 aliphatic rings. The molecule has 0 aliphatic heterocycles. The summed E-state index contributed by atoms with van der Waals surface area (Å²) in [5, 5.41) is 10.3. The number of amides is 2. The van der Waals surface area contributed by atoms with Crippen molar-refractivity contribution in [1.82, 2.24) is 10.5 Å². The second kappa shape index (κ2) is 26.6. The summed E-state index contributed by atoms with van der Waals surface area (Å²) in [7, 11) is 11.1. The molecule has 305 valence electrons. The van der Waals surface area contributed by atoms with Crippen molar-refractivity contribution in [3.8, 4) is 22.3 Å². The number of fused-ring (bicyclic) bond motifs is 2. The van der Waals surface area contributed by atoms with E-state index >= 15 is 0 Å². The number of hydrogen-bond donors (Lipinski definition) is 2. The summed E-state index contributed by atoms with van der Waals surface area (Å²) < 4.78 is 0. The first-order valence-corrected chi connectivity index (χ1v) is 27.3. The van der Waals surface area contributed by atoms with E-state index in [0.29, 0.717) is 24.7 Å². The number of benzene rings is 4. The first-order chi connectivity index (χ1) is 28.0. The standard InChI is InChI=1S/2C22H25.C6H12BN2O2.2ClH.Zr/c2*1-4-5-9-17-10-6-7-12-20(17)21-13-8-11-18-14-19(16(2)3)15-22(18)21;1-3-5(10)8-7-9-6(11)4-2;;;/h2*6-8,10-16H,4-5,9H2,1-3H3;3-4H2,1-2H3,(H,8,10)(H,9,11);2*1H;/q2*-1;;;;+4/p-2. The molecule has 0 bridgehead atoms. The van der Waals surface area contributed by atoms with Gasteiger partial charge in [0.25, 0.3) is 0 Å². The molecule has 0 unspecified atom stereocenters. The predicted octanol–water partition coefficient (Wildman–Crippen LogP) is 14.3. The van der Waals surface area contributed by atoms with Gasteiger partial charge in [0.05, 0.1) is 0 Å². The van der Waals surface area contributed by atoms with Gasteiger partial charge in [-0.25, -0.2) is 0 Å². The van der Waals surface area contributed by atoms with Gasteiger partial charge in [-0.15, -0.1) is 69.1 Å². The molecule has 6 rings (SSSR count). The van der Waals surface area contributed by atoms with Gasteiger partial charge >= 0.3 is 45.4 Å². The van der Waals surface area contributed by atoms with Crippen LogP contribution in [0.1, 0.15) is 128 Å². The summed E-state index contributed by atoms with van der Waals surface area (Å²) in [6.07, 6.45) is 8.16. The van der Waals surface area contributed by atoms with Crippen LogP contribution in [-0.4, -0.2) is 19.4 Å². The molecule has 0 heterocycles. The summed E-state index contributed by atoms with van der Waals surface area (Å²) in [5.74, 6) is 0.939. The number of carbonyl (C=O) groups is 2. The molecule has 6 aromatic carbocycles. The molecule has 0 saturated carbocycles. The quantitative estimate of drug-likeness (QED) is 0.0845. The average Bonchev–Trinajstić information content (AvgIpc) is 3.89. The van der Waals surface area contributed by atoms with E-state index in [4.69, 9.17) is 17.0 Å². The van der Waals surface area contributed by atoms with E-state index < -0.39 is 20.8 Å². The molecular formula is C50H62BCl2N2O2Zr. The summed E-state index contributed by atoms with van der Waals surface area (Å²) in [4.78, 5) is 21.2. The van der Waals surface area contributed by atoms with Crippen LogP contribution in [-0.2, 0) is 43.3 Å². The molecule has 8 heteroatoms. The van der Waals surface area contributed by atoms with Crippen LogP contribution in [0.2, 0.25) is 0 Å². The molecule has 0 atom stereocenters. The third-order valence-electron chi connectivity index (χ3n) is 10.2. The minimum atomic E-state index is -0.826. The third kappa shape index (κ3) is 15.0. The van der Waals surface area contributed by atoms with Gasteiger partial charge < -0.3 is 10.5 Å². The summed E-state index contributed by atoms with van der Waals surface area (Å²) >= 11 is -0.826. The van der Waals surface area contributed by atoms with Crippen LogP contribution in [0.3, 0.4) is 0 Å². The molecule has 0 aromatic heterocycles. The van der Waals surface area contributed by atoms with E-state index in [2.05, 4.69) is 161 Å². The summed E-state index contributed by atoms with van der Waals surface area (Å²) in [6.45, 7) is 17.1. The van der Waals surface area contributed by atoms with Crippen LogP contribution in [0, 0.1) is 0 Å². The molecule has 58 heavy (non-hydrogen) atoms. The van der Waals surface area contributed by atoms with Gasteiger partial charge in [-0.05, 0) is 59.8 Å². The second-order valence-corrected chi connectivity index (χ2v) is 18.8. The maximum atomic E-state index is 10.6. The third-order valence-corrected chi connectivity index (χ3v) is 10.2. The number of unbranched alkanes of at least 4 members (excludes halogenated alkanes) is 2. The SMILES string of the molecule is CCC(=O)N[B]NC(=O)CC.CCCCc1ccccc1-c1cccc2[cH-]c(C(C)C)cc12.CCCCc1ccccc1-c1cccc2[cH-]c(C(C)C)cc12.[Cl][Zr+2][Cl]. The van der Waals surface area contributed by atoms with E-state index in [-0.39, 0.29) is 11.8 Å². The molecule has 0 aliphatic carbocycles. The van der Waals surface area contributed by atoms with Crippen LogP contribution >= 0.6 is 17.0 Å². The molecule has 2 N–H and O–H groups in total. The van der Waals surface area contributed by atoms with Gasteiger partial charge in [0, 0.05) is 12.8 Å². The molecule has 0 spiro atoms. The van der Waals surface area contributed by atoms with Gasteiger partial charge in [-0.2, -0.15) is 12.1 Å². The molecule has 4 nitrogen and oxygen atoms in total. The fraction of sp³-hybridized carbons (Fsp3) is 0.360. The van der Waals surface area contributed by atoms with E-state index in [9.17, 15) is 9.59 Å². The van der Waals surface area contributed by atoms with Gasteiger partial charge in [-0.1, -0.05) is 140 Å². The van der Waals surface area contributed by atoms with Crippen molar-refractivity contribution in [2.24, 2.45) is 0 Å². The van der Waals surface area contributed by atoms with Crippen LogP contribution < -0.4 is 10.5 Å². The number of hydrogen-bond acceptors (Lipinski definition) is 2. The van der Waals surface area contributed by atoms with Gasteiger partial charge in [0.15, 0.2) is 0 Å². The van der Waals surface area contributed by atoms with Gasteiger partial charge in [-0.3, -0.25) is 9.59 Å². The first-order valence-electron chi connectivity index (χ1n) is 20.9. The predicted molar refractivity (Wildman–Crippen MR) is 250 cm³/mol. The number of rotatable bonds is 14. The van der Waals surface area contributed by atoms with Crippen molar-refractivity contribution in [3.05, 3.63) is 131 Å². The fourth-order valence-electron chi connectivity index (χ4n) is 6.79. The van der Waals surface area contributed by atoms with E-state index in [1.807, 2.05) is 0 Å². The zero-order valence-corrected chi connectivity index (χ0v) is 39.8. The number of halogens is 2. The van der Waals surface area contributed by atoms with Crippen molar-refractivity contribution < 1.29 is 30.4 Å². The molecule has 0 fully saturated rings. The van der Waals surface area contributed by atoms with Crippen molar-refractivity contribution in [2.45, 2.75) is 119 Å². The Bertz CT molecular complexity index is 1990. The van der Waals surface area contributed by atoms with Crippen molar-refractivity contribution in [3.63, 3.8) is 0 Å². The topological polar surface area (TPSA) is 58.2 Å². The van der Waals surface area contributed by atoms with Crippen molar-refractivity contribution in [1.29, 1.82) is 0 Å². The molecule has 6 aromatic rings. The number of aryl methyl sites for hydroxylation is 2. The Morgan fingerprint density at radius 3 is 1.29 bits per heavy atom. The van der Waals surface area contributed by atoms with E-state index in [1.165, 1.54) is 112 Å². The first kappa shape index (κ1) is 48.9. The summed E-state index contributed by atoms with van der Waals surface area (Å²) in [6, 6.07) is 40.7. The van der Waals surface area contributed by atoms with Crippen LogP contribution in [0.5, 0.6) is 0 Å². The fourth-order valence-corrected chi connectivity index (χ4v) is 6.79. The van der Waals surface area contributed by atoms with Crippen LogP contribution in [0.4, 0.5) is 0 Å². The Hall–Kier alpha value is -3.43. The molecule has 1 radical (unpaired) electrons. The Labute approximate surface area is 368 Å². The molecule has 2 amide bonds.